The molecule has 0 saturated carbocycles. The fraction of sp³-hybridized carbons (Fsp3) is 0.190. The first kappa shape index (κ1) is 15.5. The number of rotatable bonds is 1. The number of aromatic hydroxyl groups is 1. The maximum absolute atomic E-state index is 10.5. The van der Waals surface area contributed by atoms with Gasteiger partial charge in [0.1, 0.15) is 0 Å². The minimum Gasteiger partial charge on any atom is -0.493 e. The number of hydrogen-bond donors (Lipinski definition) is 2. The lowest BCUT2D eigenvalue weighted by Gasteiger charge is -2.22. The topological polar surface area (TPSA) is 45.9 Å². The number of benzene rings is 2. The third-order valence-electron chi connectivity index (χ3n) is 5.56. The van der Waals surface area contributed by atoms with E-state index in [0.29, 0.717) is 11.2 Å². The summed E-state index contributed by atoms with van der Waals surface area (Å²) in [5.74, 6) is 0.265. The number of aromatic amines is 1. The van der Waals surface area contributed by atoms with Crippen molar-refractivity contribution in [2.75, 3.05) is 0 Å². The van der Waals surface area contributed by atoms with Crippen molar-refractivity contribution in [1.29, 1.82) is 0 Å². The van der Waals surface area contributed by atoms with Crippen LogP contribution in [0.15, 0.2) is 48.5 Å². The molecule has 0 unspecified atom stereocenters. The van der Waals surface area contributed by atoms with Gasteiger partial charge in [0.15, 0.2) is 4.77 Å². The molecule has 130 valence electrons. The van der Waals surface area contributed by atoms with Crippen molar-refractivity contribution < 1.29 is 5.11 Å². The predicted octanol–water partition coefficient (Wildman–Crippen LogP) is 4.92. The number of H-pyrrole nitrogens is 1. The van der Waals surface area contributed by atoms with Crippen LogP contribution in [0.3, 0.4) is 0 Å². The van der Waals surface area contributed by atoms with E-state index in [0.717, 1.165) is 11.2 Å². The highest BCUT2D eigenvalue weighted by Crippen LogP contribution is 2.40. The van der Waals surface area contributed by atoms with Crippen molar-refractivity contribution in [2.45, 2.75) is 19.4 Å². The Bertz CT molecular complexity index is 1210. The lowest BCUT2D eigenvalue weighted by Crippen LogP contribution is -2.18. The van der Waals surface area contributed by atoms with E-state index < -0.39 is 0 Å². The third kappa shape index (κ3) is 1.98. The highest BCUT2D eigenvalue weighted by molar-refractivity contribution is 7.71. The van der Waals surface area contributed by atoms with E-state index >= 15 is 0 Å². The van der Waals surface area contributed by atoms with E-state index in [1.165, 1.54) is 27.8 Å². The first-order valence-electron chi connectivity index (χ1n) is 8.75. The molecule has 2 aromatic carbocycles. The van der Waals surface area contributed by atoms with Crippen LogP contribution in [-0.4, -0.2) is 19.2 Å². The SMILES string of the molecule is C[C@H]1c2[nH]c3ccc(-c4ccccc4)cc3c2Cc2c(O)n(C)c(=S)n21. The average Bonchev–Trinajstić information content (AvgIpc) is 3.14. The minimum absolute atomic E-state index is 0.0703. The van der Waals surface area contributed by atoms with Crippen molar-refractivity contribution in [3.8, 4) is 17.0 Å². The van der Waals surface area contributed by atoms with Crippen molar-refractivity contribution >= 4 is 23.1 Å². The molecule has 0 fully saturated rings. The second kappa shape index (κ2) is 5.35. The molecule has 0 radical (unpaired) electrons. The summed E-state index contributed by atoms with van der Waals surface area (Å²) in [5, 5.41) is 11.7. The fourth-order valence-corrected chi connectivity index (χ4v) is 4.51. The lowest BCUT2D eigenvalue weighted by atomic mass is 9.96. The van der Waals surface area contributed by atoms with E-state index in [1.54, 1.807) is 4.57 Å². The summed E-state index contributed by atoms with van der Waals surface area (Å²) in [6.45, 7) is 2.13. The summed E-state index contributed by atoms with van der Waals surface area (Å²) in [4.78, 5) is 3.58. The monoisotopic (exact) mass is 361 g/mol. The smallest absolute Gasteiger partial charge is 0.213 e. The van der Waals surface area contributed by atoms with Gasteiger partial charge in [-0.05, 0) is 48.0 Å². The lowest BCUT2D eigenvalue weighted by molar-refractivity contribution is 0.423. The average molecular weight is 361 g/mol. The van der Waals surface area contributed by atoms with Gasteiger partial charge in [-0.15, -0.1) is 0 Å². The van der Waals surface area contributed by atoms with Crippen molar-refractivity contribution in [3.05, 3.63) is 70.3 Å². The second-order valence-electron chi connectivity index (χ2n) is 6.98. The van der Waals surface area contributed by atoms with Crippen LogP contribution in [0, 0.1) is 4.77 Å². The third-order valence-corrected chi connectivity index (χ3v) is 6.03. The Labute approximate surface area is 156 Å². The maximum Gasteiger partial charge on any atom is 0.213 e. The van der Waals surface area contributed by atoms with E-state index in [9.17, 15) is 5.11 Å². The molecule has 5 rings (SSSR count). The van der Waals surface area contributed by atoms with E-state index in [-0.39, 0.29) is 11.9 Å². The fourth-order valence-electron chi connectivity index (χ4n) is 4.15. The molecule has 4 aromatic rings. The Hall–Kier alpha value is -2.79. The largest absolute Gasteiger partial charge is 0.493 e. The van der Waals surface area contributed by atoms with Gasteiger partial charge in [-0.25, -0.2) is 0 Å². The molecule has 0 amide bonds. The Kier molecular flexibility index (Phi) is 3.18. The second-order valence-corrected chi connectivity index (χ2v) is 7.34. The van der Waals surface area contributed by atoms with Gasteiger partial charge in [-0.3, -0.25) is 4.57 Å². The first-order valence-corrected chi connectivity index (χ1v) is 9.16. The zero-order valence-corrected chi connectivity index (χ0v) is 15.5. The summed E-state index contributed by atoms with van der Waals surface area (Å²) in [7, 11) is 1.82. The van der Waals surface area contributed by atoms with Crippen molar-refractivity contribution in [3.63, 3.8) is 0 Å². The Morgan fingerprint density at radius 1 is 1.12 bits per heavy atom. The predicted molar refractivity (Wildman–Crippen MR) is 106 cm³/mol. The van der Waals surface area contributed by atoms with Crippen LogP contribution in [-0.2, 0) is 13.5 Å². The molecule has 1 atom stereocenters. The molecular formula is C21H19N3OS. The molecule has 4 nitrogen and oxygen atoms in total. The van der Waals surface area contributed by atoms with Gasteiger partial charge >= 0.3 is 0 Å². The number of imidazole rings is 1. The van der Waals surface area contributed by atoms with Gasteiger partial charge in [0.25, 0.3) is 0 Å². The molecule has 1 aliphatic rings. The van der Waals surface area contributed by atoms with Crippen LogP contribution in [0.2, 0.25) is 0 Å². The molecule has 0 spiro atoms. The van der Waals surface area contributed by atoms with Gasteiger partial charge in [-0.1, -0.05) is 36.4 Å². The number of hydrogen-bond acceptors (Lipinski definition) is 2. The molecule has 3 heterocycles. The van der Waals surface area contributed by atoms with Crippen LogP contribution < -0.4 is 0 Å². The van der Waals surface area contributed by atoms with Crippen LogP contribution in [0.25, 0.3) is 22.0 Å². The number of nitrogens with zero attached hydrogens (tertiary/aromatic N) is 2. The van der Waals surface area contributed by atoms with Crippen molar-refractivity contribution in [1.82, 2.24) is 14.1 Å². The van der Waals surface area contributed by atoms with Gasteiger partial charge in [0.05, 0.1) is 11.7 Å². The number of fused-ring (bicyclic) bond motifs is 4. The molecule has 2 aromatic heterocycles. The van der Waals surface area contributed by atoms with Crippen LogP contribution in [0.4, 0.5) is 0 Å². The summed E-state index contributed by atoms with van der Waals surface area (Å²) < 4.78 is 4.39. The van der Waals surface area contributed by atoms with Crippen LogP contribution >= 0.6 is 12.2 Å². The van der Waals surface area contributed by atoms with Gasteiger partial charge in [0, 0.05) is 30.1 Å². The number of nitrogens with one attached hydrogen (secondary N) is 1. The summed E-state index contributed by atoms with van der Waals surface area (Å²) in [6, 6.07) is 17.0. The summed E-state index contributed by atoms with van der Waals surface area (Å²) in [5.41, 5.74) is 6.86. The highest BCUT2D eigenvalue weighted by atomic mass is 32.1. The van der Waals surface area contributed by atoms with Crippen molar-refractivity contribution in [2.24, 2.45) is 7.05 Å². The normalized spacial score (nSPS) is 15.8. The zero-order chi connectivity index (χ0) is 18.0. The Morgan fingerprint density at radius 3 is 2.65 bits per heavy atom. The highest BCUT2D eigenvalue weighted by Gasteiger charge is 2.30. The van der Waals surface area contributed by atoms with E-state index in [2.05, 4.69) is 58.9 Å². The van der Waals surface area contributed by atoms with Crippen LogP contribution in [0.5, 0.6) is 5.88 Å². The zero-order valence-electron chi connectivity index (χ0n) is 14.7. The summed E-state index contributed by atoms with van der Waals surface area (Å²) in [6.07, 6.45) is 0.675. The number of aromatic nitrogens is 3. The summed E-state index contributed by atoms with van der Waals surface area (Å²) >= 11 is 5.52. The van der Waals surface area contributed by atoms with Gasteiger partial charge < -0.3 is 14.7 Å². The Morgan fingerprint density at radius 2 is 1.88 bits per heavy atom. The standard InChI is InChI=1S/C21H19N3OS/c1-12-19-16(11-18-20(25)23(2)21(26)24(12)18)15-10-14(8-9-17(15)22-19)13-6-4-3-5-7-13/h3-10,12,22,25H,11H2,1-2H3/t12-/m0/s1. The molecular weight excluding hydrogens is 342 g/mol. The molecule has 5 heteroatoms. The minimum atomic E-state index is 0.0703. The van der Waals surface area contributed by atoms with Gasteiger partial charge in [-0.2, -0.15) is 0 Å². The quantitative estimate of drug-likeness (QED) is 0.473. The molecule has 1 aliphatic heterocycles. The van der Waals surface area contributed by atoms with E-state index in [1.807, 2.05) is 13.1 Å². The molecule has 0 saturated heterocycles. The van der Waals surface area contributed by atoms with Crippen LogP contribution in [0.1, 0.15) is 29.9 Å². The first-order chi connectivity index (χ1) is 12.6. The molecule has 0 bridgehead atoms. The van der Waals surface area contributed by atoms with Gasteiger partial charge in [0.2, 0.25) is 5.88 Å². The molecule has 2 N–H and O–H groups in total. The Balaban J connectivity index is 1.73. The molecule has 26 heavy (non-hydrogen) atoms. The van der Waals surface area contributed by atoms with E-state index in [4.69, 9.17) is 12.2 Å². The maximum atomic E-state index is 10.5. The molecule has 0 aliphatic carbocycles.